The number of aromatic nitrogens is 1. The van der Waals surface area contributed by atoms with Crippen molar-refractivity contribution in [2.24, 2.45) is 5.14 Å². The lowest BCUT2D eigenvalue weighted by Gasteiger charge is -2.05. The van der Waals surface area contributed by atoms with E-state index < -0.39 is 26.6 Å². The van der Waals surface area contributed by atoms with Gasteiger partial charge in [-0.2, -0.15) is 0 Å². The summed E-state index contributed by atoms with van der Waals surface area (Å²) in [5.41, 5.74) is 1.79. The Morgan fingerprint density at radius 1 is 1.42 bits per heavy atom. The number of nitrogens with zero attached hydrogens (tertiary/aromatic N) is 1. The lowest BCUT2D eigenvalue weighted by molar-refractivity contribution is 0.102. The van der Waals surface area contributed by atoms with Crippen LogP contribution in [0.1, 0.15) is 10.5 Å². The predicted octanol–water partition coefficient (Wildman–Crippen LogP) is 1.18. The second kappa shape index (κ2) is 5.03. The number of carbonyl (C=O) groups excluding carboxylic acids is 1. The zero-order valence-corrected chi connectivity index (χ0v) is 11.0. The first-order valence-corrected chi connectivity index (χ1v) is 7.39. The summed E-state index contributed by atoms with van der Waals surface area (Å²) < 4.78 is 35.5. The van der Waals surface area contributed by atoms with Crippen molar-refractivity contribution >= 4 is 33.0 Å². The summed E-state index contributed by atoms with van der Waals surface area (Å²) in [4.78, 5) is 14.8. The lowest BCUT2D eigenvalue weighted by atomic mass is 10.3. The van der Waals surface area contributed by atoms with Crippen LogP contribution in [0.15, 0.2) is 34.0 Å². The number of nitrogens with two attached hydrogens (primary N) is 1. The maximum Gasteiger partial charge on any atom is 0.275 e. The van der Waals surface area contributed by atoms with E-state index >= 15 is 0 Å². The molecule has 1 aromatic carbocycles. The van der Waals surface area contributed by atoms with E-state index in [1.807, 2.05) is 0 Å². The van der Waals surface area contributed by atoms with Gasteiger partial charge >= 0.3 is 0 Å². The van der Waals surface area contributed by atoms with Crippen molar-refractivity contribution in [2.75, 3.05) is 5.32 Å². The van der Waals surface area contributed by atoms with E-state index in [-0.39, 0.29) is 11.4 Å². The molecule has 0 unspecified atom stereocenters. The smallest absolute Gasteiger partial charge is 0.275 e. The molecule has 0 saturated heterocycles. The van der Waals surface area contributed by atoms with E-state index in [1.54, 1.807) is 0 Å². The number of halogens is 1. The summed E-state index contributed by atoms with van der Waals surface area (Å²) in [5.74, 6) is -1.54. The second-order valence-corrected chi connectivity index (χ2v) is 5.77. The standard InChI is InChI=1S/C10H8FN3O3S2/c11-7-3-6(1-2-9(7)19(12,16)17)14-10(15)8-4-18-5-13-8/h1-5H,(H,14,15)(H2,12,16,17). The molecule has 2 rings (SSSR count). The number of sulfonamides is 1. The topological polar surface area (TPSA) is 102 Å². The molecule has 0 saturated carbocycles. The van der Waals surface area contributed by atoms with Crippen LogP contribution in [0.3, 0.4) is 0 Å². The quantitative estimate of drug-likeness (QED) is 0.888. The Morgan fingerprint density at radius 3 is 2.68 bits per heavy atom. The molecule has 1 aromatic heterocycles. The summed E-state index contributed by atoms with van der Waals surface area (Å²) in [6.45, 7) is 0. The number of hydrogen-bond donors (Lipinski definition) is 2. The van der Waals surface area contributed by atoms with Crippen molar-refractivity contribution < 1.29 is 17.6 Å². The highest BCUT2D eigenvalue weighted by molar-refractivity contribution is 7.89. The first-order chi connectivity index (χ1) is 8.88. The van der Waals surface area contributed by atoms with Crippen LogP contribution in [0.4, 0.5) is 10.1 Å². The molecule has 0 spiro atoms. The van der Waals surface area contributed by atoms with Gasteiger partial charge in [0.2, 0.25) is 10.0 Å². The van der Waals surface area contributed by atoms with Gasteiger partial charge in [-0.05, 0) is 18.2 Å². The van der Waals surface area contributed by atoms with E-state index in [9.17, 15) is 17.6 Å². The van der Waals surface area contributed by atoms with Crippen LogP contribution in [0.25, 0.3) is 0 Å². The Kier molecular flexibility index (Phi) is 3.60. The Bertz CT molecular complexity index is 714. The summed E-state index contributed by atoms with van der Waals surface area (Å²) in [6.07, 6.45) is 0. The number of primary sulfonamides is 1. The van der Waals surface area contributed by atoms with Gasteiger partial charge in [0, 0.05) is 11.1 Å². The molecule has 0 radical (unpaired) electrons. The number of rotatable bonds is 3. The van der Waals surface area contributed by atoms with Gasteiger partial charge in [-0.15, -0.1) is 11.3 Å². The number of anilines is 1. The first kappa shape index (κ1) is 13.6. The van der Waals surface area contributed by atoms with Gasteiger partial charge in [-0.3, -0.25) is 4.79 Å². The minimum absolute atomic E-state index is 0.114. The van der Waals surface area contributed by atoms with Crippen molar-refractivity contribution in [1.29, 1.82) is 0 Å². The van der Waals surface area contributed by atoms with Crippen LogP contribution in [0, 0.1) is 5.82 Å². The molecule has 19 heavy (non-hydrogen) atoms. The molecule has 9 heteroatoms. The summed E-state index contributed by atoms with van der Waals surface area (Å²) in [7, 11) is -4.12. The number of benzene rings is 1. The molecule has 2 aromatic rings. The van der Waals surface area contributed by atoms with Crippen molar-refractivity contribution in [1.82, 2.24) is 4.98 Å². The molecule has 1 amide bonds. The van der Waals surface area contributed by atoms with Crippen LogP contribution in [-0.4, -0.2) is 19.3 Å². The number of nitrogens with one attached hydrogen (secondary N) is 1. The maximum absolute atomic E-state index is 13.5. The van der Waals surface area contributed by atoms with Crippen molar-refractivity contribution in [3.8, 4) is 0 Å². The molecule has 0 fully saturated rings. The molecule has 0 aliphatic rings. The summed E-state index contributed by atoms with van der Waals surface area (Å²) in [5, 5.41) is 8.75. The molecule has 0 atom stereocenters. The van der Waals surface area contributed by atoms with Crippen LogP contribution in [-0.2, 0) is 10.0 Å². The average molecular weight is 301 g/mol. The Hall–Kier alpha value is -1.84. The summed E-state index contributed by atoms with van der Waals surface area (Å²) >= 11 is 1.25. The number of thiazole rings is 1. The molecule has 100 valence electrons. The molecule has 0 aliphatic heterocycles. The third-order valence-electron chi connectivity index (χ3n) is 2.16. The Morgan fingerprint density at radius 2 is 2.16 bits per heavy atom. The number of amides is 1. The third-order valence-corrected chi connectivity index (χ3v) is 3.69. The lowest BCUT2D eigenvalue weighted by Crippen LogP contribution is -2.15. The number of carbonyl (C=O) groups is 1. The van der Waals surface area contributed by atoms with Crippen LogP contribution in [0.2, 0.25) is 0 Å². The third kappa shape index (κ3) is 3.13. The largest absolute Gasteiger partial charge is 0.321 e. The predicted molar refractivity (Wildman–Crippen MR) is 67.8 cm³/mol. The van der Waals surface area contributed by atoms with Gasteiger partial charge in [0.05, 0.1) is 5.51 Å². The highest BCUT2D eigenvalue weighted by Crippen LogP contribution is 2.18. The monoisotopic (exact) mass is 301 g/mol. The summed E-state index contributed by atoms with van der Waals surface area (Å²) in [6, 6.07) is 3.11. The van der Waals surface area contributed by atoms with Gasteiger partial charge < -0.3 is 5.32 Å². The minimum atomic E-state index is -4.12. The Balaban J connectivity index is 2.24. The Labute approximate surface area is 112 Å². The molecule has 1 heterocycles. The second-order valence-electron chi connectivity index (χ2n) is 3.52. The van der Waals surface area contributed by atoms with Crippen LogP contribution < -0.4 is 10.5 Å². The fraction of sp³-hybridized carbons (Fsp3) is 0. The average Bonchev–Trinajstić information content (AvgIpc) is 2.80. The fourth-order valence-corrected chi connectivity index (χ4v) is 2.45. The molecular formula is C10H8FN3O3S2. The molecule has 0 aliphatic carbocycles. The highest BCUT2D eigenvalue weighted by Gasteiger charge is 2.15. The van der Waals surface area contributed by atoms with Gasteiger partial charge in [-0.1, -0.05) is 0 Å². The molecular weight excluding hydrogens is 293 g/mol. The van der Waals surface area contributed by atoms with Crippen molar-refractivity contribution in [3.05, 3.63) is 40.6 Å². The van der Waals surface area contributed by atoms with Crippen LogP contribution in [0.5, 0.6) is 0 Å². The van der Waals surface area contributed by atoms with E-state index in [1.165, 1.54) is 28.3 Å². The van der Waals surface area contributed by atoms with E-state index in [4.69, 9.17) is 5.14 Å². The fourth-order valence-electron chi connectivity index (χ4n) is 1.33. The number of hydrogen-bond acceptors (Lipinski definition) is 5. The molecule has 0 bridgehead atoms. The van der Waals surface area contributed by atoms with Gasteiger partial charge in [0.15, 0.2) is 0 Å². The van der Waals surface area contributed by atoms with Gasteiger partial charge in [-0.25, -0.2) is 22.9 Å². The SMILES string of the molecule is NS(=O)(=O)c1ccc(NC(=O)c2cscn2)cc1F. The molecule has 6 nitrogen and oxygen atoms in total. The maximum atomic E-state index is 13.5. The highest BCUT2D eigenvalue weighted by atomic mass is 32.2. The van der Waals surface area contributed by atoms with Gasteiger partial charge in [0.1, 0.15) is 16.4 Å². The zero-order chi connectivity index (χ0) is 14.0. The first-order valence-electron chi connectivity index (χ1n) is 4.90. The molecule has 3 N–H and O–H groups in total. The van der Waals surface area contributed by atoms with Gasteiger partial charge in [0.25, 0.3) is 5.91 Å². The van der Waals surface area contributed by atoms with E-state index in [0.717, 1.165) is 12.1 Å². The van der Waals surface area contributed by atoms with Crippen LogP contribution >= 0.6 is 11.3 Å². The van der Waals surface area contributed by atoms with Crippen molar-refractivity contribution in [2.45, 2.75) is 4.90 Å². The minimum Gasteiger partial charge on any atom is -0.321 e. The van der Waals surface area contributed by atoms with E-state index in [0.29, 0.717) is 0 Å². The zero-order valence-electron chi connectivity index (χ0n) is 9.33. The normalized spacial score (nSPS) is 11.3. The van der Waals surface area contributed by atoms with E-state index in [2.05, 4.69) is 10.3 Å². The van der Waals surface area contributed by atoms with Crippen molar-refractivity contribution in [3.63, 3.8) is 0 Å².